The highest BCUT2D eigenvalue weighted by Crippen LogP contribution is 2.32. The zero-order valence-electron chi connectivity index (χ0n) is 13.7. The Morgan fingerprint density at radius 2 is 1.95 bits per heavy atom. The molecule has 0 bridgehead atoms. The van der Waals surface area contributed by atoms with Gasteiger partial charge in [0.25, 0.3) is 0 Å². The van der Waals surface area contributed by atoms with Crippen molar-refractivity contribution >= 4 is 0 Å². The van der Waals surface area contributed by atoms with Crippen LogP contribution in [0.5, 0.6) is 11.5 Å². The lowest BCUT2D eigenvalue weighted by molar-refractivity contribution is 0.170. The van der Waals surface area contributed by atoms with Crippen LogP contribution in [0.1, 0.15) is 12.0 Å². The number of nitrogens with one attached hydrogen (secondary N) is 1. The van der Waals surface area contributed by atoms with Crippen LogP contribution in [0.2, 0.25) is 0 Å². The lowest BCUT2D eigenvalue weighted by Crippen LogP contribution is -2.49. The predicted octanol–water partition coefficient (Wildman–Crippen LogP) is 1.18. The maximum atomic E-state index is 5.55. The molecule has 1 aromatic rings. The van der Waals surface area contributed by atoms with Crippen LogP contribution in [0.25, 0.3) is 0 Å². The van der Waals surface area contributed by atoms with Crippen LogP contribution in [-0.4, -0.2) is 69.3 Å². The highest BCUT2D eigenvalue weighted by atomic mass is 16.5. The highest BCUT2D eigenvalue weighted by Gasteiger charge is 2.28. The van der Waals surface area contributed by atoms with Crippen LogP contribution < -0.4 is 14.8 Å². The molecule has 2 saturated heterocycles. The molecule has 1 aromatic carbocycles. The van der Waals surface area contributed by atoms with Crippen molar-refractivity contribution in [3.05, 3.63) is 23.8 Å². The van der Waals surface area contributed by atoms with Gasteiger partial charge in [-0.3, -0.25) is 9.80 Å². The van der Waals surface area contributed by atoms with Gasteiger partial charge in [-0.1, -0.05) is 12.1 Å². The largest absolute Gasteiger partial charge is 0.493 e. The van der Waals surface area contributed by atoms with E-state index in [2.05, 4.69) is 21.2 Å². The van der Waals surface area contributed by atoms with Gasteiger partial charge in [-0.15, -0.1) is 0 Å². The number of benzene rings is 1. The number of likely N-dealkylation sites (tertiary alicyclic amines) is 1. The summed E-state index contributed by atoms with van der Waals surface area (Å²) in [5.74, 6) is 1.69. The van der Waals surface area contributed by atoms with E-state index in [1.807, 2.05) is 12.1 Å². The van der Waals surface area contributed by atoms with Crippen LogP contribution in [0.3, 0.4) is 0 Å². The third-order valence-corrected chi connectivity index (χ3v) is 4.79. The smallest absolute Gasteiger partial charge is 0.165 e. The molecule has 0 amide bonds. The number of nitrogens with zero attached hydrogens (tertiary/aromatic N) is 2. The number of hydrogen-bond donors (Lipinski definition) is 1. The number of methoxy groups -OCH3 is 2. The lowest BCUT2D eigenvalue weighted by Gasteiger charge is -2.32. The summed E-state index contributed by atoms with van der Waals surface area (Å²) in [7, 11) is 3.41. The molecular weight excluding hydrogens is 278 g/mol. The molecule has 2 aliphatic rings. The molecule has 1 atom stereocenters. The second-order valence-corrected chi connectivity index (χ2v) is 6.12. The average molecular weight is 305 g/mol. The molecule has 122 valence electrons. The monoisotopic (exact) mass is 305 g/mol. The fourth-order valence-corrected chi connectivity index (χ4v) is 3.62. The van der Waals surface area contributed by atoms with E-state index < -0.39 is 0 Å². The van der Waals surface area contributed by atoms with Crippen molar-refractivity contribution in [1.82, 2.24) is 15.1 Å². The van der Waals surface area contributed by atoms with Crippen molar-refractivity contribution in [3.8, 4) is 11.5 Å². The van der Waals surface area contributed by atoms with Crippen LogP contribution in [0.15, 0.2) is 18.2 Å². The fraction of sp³-hybridized carbons (Fsp3) is 0.647. The van der Waals surface area contributed by atoms with Crippen LogP contribution in [0, 0.1) is 0 Å². The Bertz CT molecular complexity index is 489. The summed E-state index contributed by atoms with van der Waals surface area (Å²) in [4.78, 5) is 5.17. The van der Waals surface area contributed by atoms with Crippen molar-refractivity contribution in [2.45, 2.75) is 19.0 Å². The summed E-state index contributed by atoms with van der Waals surface area (Å²) in [5, 5.41) is 3.43. The third kappa shape index (κ3) is 3.37. The molecule has 22 heavy (non-hydrogen) atoms. The molecule has 0 aromatic heterocycles. The normalized spacial score (nSPS) is 23.6. The Morgan fingerprint density at radius 3 is 2.68 bits per heavy atom. The molecule has 5 heteroatoms. The lowest BCUT2D eigenvalue weighted by atomic mass is 10.1. The van der Waals surface area contributed by atoms with E-state index in [-0.39, 0.29) is 0 Å². The second kappa shape index (κ2) is 7.31. The fourth-order valence-electron chi connectivity index (χ4n) is 3.62. The zero-order chi connectivity index (χ0) is 15.4. The number of rotatable bonds is 5. The van der Waals surface area contributed by atoms with Crippen molar-refractivity contribution in [3.63, 3.8) is 0 Å². The van der Waals surface area contributed by atoms with E-state index in [1.165, 1.54) is 25.1 Å². The molecule has 0 spiro atoms. The van der Waals surface area contributed by atoms with Crippen LogP contribution >= 0.6 is 0 Å². The first-order valence-electron chi connectivity index (χ1n) is 8.19. The van der Waals surface area contributed by atoms with Gasteiger partial charge in [0.1, 0.15) is 0 Å². The van der Waals surface area contributed by atoms with E-state index in [1.54, 1.807) is 14.2 Å². The van der Waals surface area contributed by atoms with Crippen molar-refractivity contribution < 1.29 is 9.47 Å². The zero-order valence-corrected chi connectivity index (χ0v) is 13.7. The molecule has 0 aliphatic carbocycles. The van der Waals surface area contributed by atoms with Crippen LogP contribution in [-0.2, 0) is 6.54 Å². The quantitative estimate of drug-likeness (QED) is 0.884. The first-order valence-corrected chi connectivity index (χ1v) is 8.19. The molecule has 2 aliphatic heterocycles. The maximum Gasteiger partial charge on any atom is 0.165 e. The molecule has 3 rings (SSSR count). The summed E-state index contributed by atoms with van der Waals surface area (Å²) in [6.07, 6.45) is 1.27. The molecular formula is C17H27N3O2. The minimum atomic E-state index is 0.707. The van der Waals surface area contributed by atoms with Gasteiger partial charge in [-0.05, 0) is 12.5 Å². The summed E-state index contributed by atoms with van der Waals surface area (Å²) < 4.78 is 10.9. The van der Waals surface area contributed by atoms with Crippen LogP contribution in [0.4, 0.5) is 0 Å². The summed E-state index contributed by atoms with van der Waals surface area (Å²) >= 11 is 0. The first-order chi connectivity index (χ1) is 10.8. The molecule has 1 N–H and O–H groups in total. The number of piperazine rings is 1. The van der Waals surface area contributed by atoms with Crippen molar-refractivity contribution in [2.24, 2.45) is 0 Å². The van der Waals surface area contributed by atoms with Gasteiger partial charge in [-0.2, -0.15) is 0 Å². The van der Waals surface area contributed by atoms with Crippen molar-refractivity contribution in [1.29, 1.82) is 0 Å². The Kier molecular flexibility index (Phi) is 5.18. The molecule has 1 unspecified atom stereocenters. The van der Waals surface area contributed by atoms with E-state index in [9.17, 15) is 0 Å². The Hall–Kier alpha value is -1.30. The summed E-state index contributed by atoms with van der Waals surface area (Å²) in [6.45, 7) is 7.86. The Balaban J connectivity index is 1.62. The topological polar surface area (TPSA) is 37.0 Å². The molecule has 0 radical (unpaired) electrons. The summed E-state index contributed by atoms with van der Waals surface area (Å²) in [6, 6.07) is 6.84. The third-order valence-electron chi connectivity index (χ3n) is 4.79. The van der Waals surface area contributed by atoms with E-state index in [0.29, 0.717) is 6.04 Å². The minimum Gasteiger partial charge on any atom is -0.493 e. The molecule has 2 fully saturated rings. The molecule has 0 saturated carbocycles. The van der Waals surface area contributed by atoms with Gasteiger partial charge in [0.2, 0.25) is 0 Å². The Morgan fingerprint density at radius 1 is 1.14 bits per heavy atom. The van der Waals surface area contributed by atoms with Gasteiger partial charge in [0, 0.05) is 57.4 Å². The van der Waals surface area contributed by atoms with Gasteiger partial charge < -0.3 is 14.8 Å². The van der Waals surface area contributed by atoms with Gasteiger partial charge in [-0.25, -0.2) is 0 Å². The number of hydrogen-bond acceptors (Lipinski definition) is 5. The van der Waals surface area contributed by atoms with Crippen molar-refractivity contribution in [2.75, 3.05) is 53.5 Å². The van der Waals surface area contributed by atoms with Gasteiger partial charge >= 0.3 is 0 Å². The van der Waals surface area contributed by atoms with Gasteiger partial charge in [0.05, 0.1) is 14.2 Å². The number of para-hydroxylation sites is 1. The highest BCUT2D eigenvalue weighted by molar-refractivity contribution is 5.46. The predicted molar refractivity (Wildman–Crippen MR) is 87.7 cm³/mol. The summed E-state index contributed by atoms with van der Waals surface area (Å²) in [5.41, 5.74) is 1.21. The Labute approximate surface area is 133 Å². The number of ether oxygens (including phenoxy) is 2. The van der Waals surface area contributed by atoms with E-state index in [4.69, 9.17) is 9.47 Å². The first kappa shape index (κ1) is 15.6. The SMILES string of the molecule is COc1cccc(CN2CCC(N3CCNCC3)C2)c1OC. The minimum absolute atomic E-state index is 0.707. The standard InChI is InChI=1S/C17H27N3O2/c1-21-16-5-3-4-14(17(16)22-2)12-19-9-6-15(13-19)20-10-7-18-8-11-20/h3-5,15,18H,6-13H2,1-2H3. The molecule has 2 heterocycles. The van der Waals surface area contributed by atoms with E-state index in [0.717, 1.165) is 44.2 Å². The molecule has 5 nitrogen and oxygen atoms in total. The second-order valence-electron chi connectivity index (χ2n) is 6.12. The van der Waals surface area contributed by atoms with E-state index >= 15 is 0 Å². The average Bonchev–Trinajstić information content (AvgIpc) is 3.04. The van der Waals surface area contributed by atoms with Gasteiger partial charge in [0.15, 0.2) is 11.5 Å². The maximum absolute atomic E-state index is 5.55.